The highest BCUT2D eigenvalue weighted by molar-refractivity contribution is 5.37. The van der Waals surface area contributed by atoms with Crippen LogP contribution in [-0.4, -0.2) is 0 Å². The van der Waals surface area contributed by atoms with Crippen molar-refractivity contribution < 1.29 is 4.74 Å². The van der Waals surface area contributed by atoms with E-state index in [1.165, 1.54) is 24.0 Å². The Labute approximate surface area is 78.7 Å². The molecule has 1 nitrogen and oxygen atoms in total. The van der Waals surface area contributed by atoms with Crippen LogP contribution in [0.1, 0.15) is 43.1 Å². The van der Waals surface area contributed by atoms with Gasteiger partial charge < -0.3 is 4.74 Å². The van der Waals surface area contributed by atoms with Gasteiger partial charge in [-0.25, -0.2) is 0 Å². The van der Waals surface area contributed by atoms with Crippen molar-refractivity contribution in [1.82, 2.24) is 0 Å². The molecule has 1 aromatic rings. The number of rotatable bonds is 1. The first-order valence-corrected chi connectivity index (χ1v) is 5.14. The third-order valence-electron chi connectivity index (χ3n) is 3.43. The zero-order chi connectivity index (χ0) is 8.84. The Kier molecular flexibility index (Phi) is 1.50. The zero-order valence-electron chi connectivity index (χ0n) is 7.86. The topological polar surface area (TPSA) is 9.23 Å². The summed E-state index contributed by atoms with van der Waals surface area (Å²) < 4.78 is 5.95. The van der Waals surface area contributed by atoms with E-state index < -0.39 is 0 Å². The first-order valence-electron chi connectivity index (χ1n) is 5.14. The molecule has 2 heterocycles. The van der Waals surface area contributed by atoms with E-state index in [-0.39, 0.29) is 0 Å². The van der Waals surface area contributed by atoms with Gasteiger partial charge in [-0.3, -0.25) is 0 Å². The fourth-order valence-electron chi connectivity index (χ4n) is 2.71. The maximum atomic E-state index is 5.95. The molecule has 0 aromatic heterocycles. The van der Waals surface area contributed by atoms with Crippen LogP contribution in [0.3, 0.4) is 0 Å². The van der Waals surface area contributed by atoms with Crippen molar-refractivity contribution in [2.45, 2.75) is 32.0 Å². The summed E-state index contributed by atoms with van der Waals surface area (Å²) in [6.45, 7) is 2.26. The summed E-state index contributed by atoms with van der Waals surface area (Å²) in [5.74, 6) is 0.764. The molecule has 0 aliphatic carbocycles. The van der Waals surface area contributed by atoms with Crippen LogP contribution < -0.4 is 0 Å². The third kappa shape index (κ3) is 0.910. The molecule has 0 N–H and O–H groups in total. The third-order valence-corrected chi connectivity index (χ3v) is 3.43. The Hall–Kier alpha value is -0.820. The molecule has 1 fully saturated rings. The smallest absolute Gasteiger partial charge is 0.0866 e. The lowest BCUT2D eigenvalue weighted by Gasteiger charge is -2.19. The molecule has 3 atom stereocenters. The van der Waals surface area contributed by atoms with Crippen LogP contribution in [0.25, 0.3) is 0 Å². The van der Waals surface area contributed by atoms with Gasteiger partial charge >= 0.3 is 0 Å². The van der Waals surface area contributed by atoms with E-state index in [0.717, 1.165) is 5.92 Å². The van der Waals surface area contributed by atoms with Crippen LogP contribution in [0.2, 0.25) is 0 Å². The Morgan fingerprint density at radius 1 is 1.31 bits per heavy atom. The first kappa shape index (κ1) is 7.57. The standard InChI is InChI=1S/C12H14O/c1-2-8-7-11-9-5-3-4-6-10(9)12(8)13-11/h3-6,8,11-12H,2,7H2,1H3/t8-,11?,12?/m1/s1. The molecule has 2 aliphatic heterocycles. The fourth-order valence-corrected chi connectivity index (χ4v) is 2.71. The van der Waals surface area contributed by atoms with Gasteiger partial charge in [-0.1, -0.05) is 37.6 Å². The Bertz CT molecular complexity index is 330. The van der Waals surface area contributed by atoms with Crippen LogP contribution in [0.4, 0.5) is 0 Å². The highest BCUT2D eigenvalue weighted by atomic mass is 16.5. The fraction of sp³-hybridized carbons (Fsp3) is 0.500. The summed E-state index contributed by atoms with van der Waals surface area (Å²) in [5, 5.41) is 0. The second kappa shape index (κ2) is 2.58. The number of fused-ring (bicyclic) bond motifs is 5. The van der Waals surface area contributed by atoms with Crippen LogP contribution >= 0.6 is 0 Å². The highest BCUT2D eigenvalue weighted by Crippen LogP contribution is 2.54. The number of benzene rings is 1. The summed E-state index contributed by atoms with van der Waals surface area (Å²) >= 11 is 0. The normalized spacial score (nSPS) is 35.0. The molecule has 2 aliphatic rings. The lowest BCUT2D eigenvalue weighted by atomic mass is 9.83. The minimum atomic E-state index is 0.408. The molecule has 13 heavy (non-hydrogen) atoms. The van der Waals surface area contributed by atoms with E-state index in [4.69, 9.17) is 4.74 Å². The van der Waals surface area contributed by atoms with Gasteiger partial charge in [-0.05, 0) is 23.5 Å². The highest BCUT2D eigenvalue weighted by Gasteiger charge is 2.43. The number of hydrogen-bond acceptors (Lipinski definition) is 1. The number of hydrogen-bond donors (Lipinski definition) is 0. The largest absolute Gasteiger partial charge is 0.365 e. The van der Waals surface area contributed by atoms with Crippen molar-refractivity contribution in [3.05, 3.63) is 35.4 Å². The van der Waals surface area contributed by atoms with Crippen LogP contribution in [0.15, 0.2) is 24.3 Å². The van der Waals surface area contributed by atoms with E-state index in [0.29, 0.717) is 12.2 Å². The van der Waals surface area contributed by atoms with Gasteiger partial charge in [0.2, 0.25) is 0 Å². The molecular weight excluding hydrogens is 160 g/mol. The molecule has 3 rings (SSSR count). The van der Waals surface area contributed by atoms with Crippen molar-refractivity contribution in [2.75, 3.05) is 0 Å². The van der Waals surface area contributed by atoms with Crippen molar-refractivity contribution in [3.8, 4) is 0 Å². The summed E-state index contributed by atoms with van der Waals surface area (Å²) in [6.07, 6.45) is 3.30. The molecule has 0 radical (unpaired) electrons. The van der Waals surface area contributed by atoms with Crippen molar-refractivity contribution in [3.63, 3.8) is 0 Å². The maximum Gasteiger partial charge on any atom is 0.0866 e. The van der Waals surface area contributed by atoms with Gasteiger partial charge in [-0.2, -0.15) is 0 Å². The van der Waals surface area contributed by atoms with Gasteiger partial charge in [0.25, 0.3) is 0 Å². The monoisotopic (exact) mass is 174 g/mol. The summed E-state index contributed by atoms with van der Waals surface area (Å²) in [7, 11) is 0. The molecule has 2 unspecified atom stereocenters. The molecular formula is C12H14O. The van der Waals surface area contributed by atoms with E-state index in [1.54, 1.807) is 0 Å². The summed E-state index contributed by atoms with van der Waals surface area (Å²) in [6, 6.07) is 8.67. The Morgan fingerprint density at radius 3 is 2.85 bits per heavy atom. The van der Waals surface area contributed by atoms with E-state index >= 15 is 0 Å². The molecule has 1 aromatic carbocycles. The van der Waals surface area contributed by atoms with Gasteiger partial charge in [-0.15, -0.1) is 0 Å². The zero-order valence-corrected chi connectivity index (χ0v) is 7.86. The molecule has 1 saturated heterocycles. The van der Waals surface area contributed by atoms with Crippen LogP contribution in [0, 0.1) is 5.92 Å². The minimum Gasteiger partial charge on any atom is -0.365 e. The van der Waals surface area contributed by atoms with Crippen molar-refractivity contribution in [1.29, 1.82) is 0 Å². The first-order chi connectivity index (χ1) is 6.40. The summed E-state index contributed by atoms with van der Waals surface area (Å²) in [4.78, 5) is 0. The average Bonchev–Trinajstić information content (AvgIpc) is 2.75. The van der Waals surface area contributed by atoms with Crippen molar-refractivity contribution >= 4 is 0 Å². The molecule has 0 spiro atoms. The Morgan fingerprint density at radius 2 is 2.08 bits per heavy atom. The van der Waals surface area contributed by atoms with E-state index in [9.17, 15) is 0 Å². The molecule has 68 valence electrons. The van der Waals surface area contributed by atoms with Gasteiger partial charge in [0.15, 0.2) is 0 Å². The molecule has 2 bridgehead atoms. The van der Waals surface area contributed by atoms with Gasteiger partial charge in [0, 0.05) is 0 Å². The lowest BCUT2D eigenvalue weighted by Crippen LogP contribution is -2.09. The van der Waals surface area contributed by atoms with E-state index in [1.807, 2.05) is 0 Å². The maximum absolute atomic E-state index is 5.95. The predicted molar refractivity (Wildman–Crippen MR) is 51.4 cm³/mol. The molecule has 1 heteroatoms. The second-order valence-electron chi connectivity index (χ2n) is 4.08. The quantitative estimate of drug-likeness (QED) is 0.635. The van der Waals surface area contributed by atoms with Crippen LogP contribution in [0.5, 0.6) is 0 Å². The summed E-state index contributed by atoms with van der Waals surface area (Å²) in [5.41, 5.74) is 2.89. The average molecular weight is 174 g/mol. The predicted octanol–water partition coefficient (Wildman–Crippen LogP) is 3.23. The van der Waals surface area contributed by atoms with Crippen molar-refractivity contribution in [2.24, 2.45) is 5.92 Å². The minimum absolute atomic E-state index is 0.408. The molecule has 0 saturated carbocycles. The SMILES string of the molecule is CC[C@@H]1CC2OC1c1ccccc12. The van der Waals surface area contributed by atoms with Crippen LogP contribution in [-0.2, 0) is 4.74 Å². The van der Waals surface area contributed by atoms with Gasteiger partial charge in [0.1, 0.15) is 0 Å². The molecule has 0 amide bonds. The number of ether oxygens (including phenoxy) is 1. The van der Waals surface area contributed by atoms with Gasteiger partial charge in [0.05, 0.1) is 12.2 Å². The lowest BCUT2D eigenvalue weighted by molar-refractivity contribution is 0.0594. The van der Waals surface area contributed by atoms with E-state index in [2.05, 4.69) is 31.2 Å². The second-order valence-corrected chi connectivity index (χ2v) is 4.08. The Balaban J connectivity index is 2.07.